The normalized spacial score (nSPS) is 11.7. The van der Waals surface area contributed by atoms with Crippen LogP contribution in [0.5, 0.6) is 0 Å². The van der Waals surface area contributed by atoms with Crippen LogP contribution in [0.2, 0.25) is 0 Å². The van der Waals surface area contributed by atoms with Crippen molar-refractivity contribution in [1.29, 1.82) is 0 Å². The second-order valence-corrected chi connectivity index (χ2v) is 18.5. The summed E-state index contributed by atoms with van der Waals surface area (Å²) in [6, 6.07) is 96.8. The van der Waals surface area contributed by atoms with Crippen molar-refractivity contribution in [3.8, 4) is 50.2 Å². The standard InChI is InChI=1S/C68H44N2O/c1-2-16-47(17-3-1)63-44-52(51-32-31-45-15-4-5-19-49(45)41-51)36-40-66(63)69(55-22-13-21-53(43-55)58-27-14-28-61-62-39-35-48-18-6-7-24-57(48)67(62)71-68(58)61)54-37-33-46(34-38-54)50-20-12-23-56(42-50)70-64-29-10-8-25-59(64)60-26-9-11-30-65(60)70/h1-44H. The smallest absolute Gasteiger partial charge is 0.143 e. The van der Waals surface area contributed by atoms with Gasteiger partial charge in [-0.2, -0.15) is 0 Å². The minimum absolute atomic E-state index is 0.889. The van der Waals surface area contributed by atoms with E-state index < -0.39 is 0 Å². The number of aromatic nitrogens is 1. The first-order valence-corrected chi connectivity index (χ1v) is 24.3. The van der Waals surface area contributed by atoms with E-state index in [1.165, 1.54) is 43.5 Å². The van der Waals surface area contributed by atoms with Crippen LogP contribution in [0.25, 0.3) is 115 Å². The average molecular weight is 905 g/mol. The topological polar surface area (TPSA) is 21.3 Å². The Morgan fingerprint density at radius 1 is 0.282 bits per heavy atom. The van der Waals surface area contributed by atoms with E-state index in [2.05, 4.69) is 276 Å². The van der Waals surface area contributed by atoms with Crippen LogP contribution < -0.4 is 4.90 Å². The number of benzene rings is 12. The van der Waals surface area contributed by atoms with Gasteiger partial charge < -0.3 is 13.9 Å². The van der Waals surface area contributed by atoms with Gasteiger partial charge in [-0.15, -0.1) is 0 Å². The lowest BCUT2D eigenvalue weighted by Gasteiger charge is -2.29. The zero-order valence-electron chi connectivity index (χ0n) is 38.7. The monoisotopic (exact) mass is 904 g/mol. The Hall–Kier alpha value is -9.44. The number of fused-ring (bicyclic) bond motifs is 9. The van der Waals surface area contributed by atoms with Crippen LogP contribution in [-0.2, 0) is 0 Å². The van der Waals surface area contributed by atoms with Gasteiger partial charge in [0.05, 0.1) is 16.7 Å². The third-order valence-electron chi connectivity index (χ3n) is 14.4. The maximum atomic E-state index is 6.89. The lowest BCUT2D eigenvalue weighted by molar-refractivity contribution is 0.674. The molecule has 0 amide bonds. The van der Waals surface area contributed by atoms with Crippen molar-refractivity contribution in [3.63, 3.8) is 0 Å². The van der Waals surface area contributed by atoms with Gasteiger partial charge in [0.25, 0.3) is 0 Å². The van der Waals surface area contributed by atoms with Gasteiger partial charge in [0.2, 0.25) is 0 Å². The molecule has 14 aromatic rings. The highest BCUT2D eigenvalue weighted by atomic mass is 16.3. The lowest BCUT2D eigenvalue weighted by atomic mass is 9.94. The third-order valence-corrected chi connectivity index (χ3v) is 14.4. The second-order valence-electron chi connectivity index (χ2n) is 18.5. The number of para-hydroxylation sites is 3. The molecule has 0 fully saturated rings. The van der Waals surface area contributed by atoms with Crippen LogP contribution in [0.3, 0.4) is 0 Å². The molecule has 0 aliphatic heterocycles. The van der Waals surface area contributed by atoms with Crippen LogP contribution >= 0.6 is 0 Å². The van der Waals surface area contributed by atoms with Gasteiger partial charge in [0.1, 0.15) is 11.2 Å². The average Bonchev–Trinajstić information content (AvgIpc) is 4.00. The fourth-order valence-electron chi connectivity index (χ4n) is 10.9. The van der Waals surface area contributed by atoms with E-state index in [-0.39, 0.29) is 0 Å². The fourth-order valence-corrected chi connectivity index (χ4v) is 10.9. The largest absolute Gasteiger partial charge is 0.455 e. The van der Waals surface area contributed by atoms with Crippen molar-refractivity contribution in [1.82, 2.24) is 4.57 Å². The minimum atomic E-state index is 0.889. The van der Waals surface area contributed by atoms with Crippen molar-refractivity contribution in [2.75, 3.05) is 4.90 Å². The molecule has 3 heteroatoms. The van der Waals surface area contributed by atoms with Gasteiger partial charge in [-0.3, -0.25) is 0 Å². The molecule has 0 bridgehead atoms. The van der Waals surface area contributed by atoms with Crippen LogP contribution in [0.15, 0.2) is 271 Å². The predicted octanol–water partition coefficient (Wildman–Crippen LogP) is 19.1. The molecule has 332 valence electrons. The number of hydrogen-bond acceptors (Lipinski definition) is 2. The van der Waals surface area contributed by atoms with Gasteiger partial charge in [-0.25, -0.2) is 0 Å². The quantitative estimate of drug-likeness (QED) is 0.151. The van der Waals surface area contributed by atoms with Crippen LogP contribution in [0, 0.1) is 0 Å². The van der Waals surface area contributed by atoms with E-state index in [9.17, 15) is 0 Å². The molecule has 0 unspecified atom stereocenters. The highest BCUT2D eigenvalue weighted by Gasteiger charge is 2.21. The van der Waals surface area contributed by atoms with E-state index in [0.717, 1.165) is 89.0 Å². The molecule has 3 nitrogen and oxygen atoms in total. The first kappa shape index (κ1) is 40.6. The summed E-state index contributed by atoms with van der Waals surface area (Å²) < 4.78 is 9.28. The van der Waals surface area contributed by atoms with Gasteiger partial charge in [0, 0.05) is 55.1 Å². The maximum absolute atomic E-state index is 6.89. The molecule has 0 N–H and O–H groups in total. The molecule has 0 spiro atoms. The molecule has 0 saturated heterocycles. The Morgan fingerprint density at radius 3 is 1.68 bits per heavy atom. The third kappa shape index (κ3) is 6.89. The van der Waals surface area contributed by atoms with E-state index in [0.29, 0.717) is 0 Å². The Kier molecular flexibility index (Phi) is 9.53. The second kappa shape index (κ2) is 16.7. The molecule has 71 heavy (non-hydrogen) atoms. The number of rotatable bonds is 8. The van der Waals surface area contributed by atoms with E-state index >= 15 is 0 Å². The van der Waals surface area contributed by atoms with Crippen molar-refractivity contribution in [2.24, 2.45) is 0 Å². The summed E-state index contributed by atoms with van der Waals surface area (Å²) >= 11 is 0. The van der Waals surface area contributed by atoms with Crippen LogP contribution in [-0.4, -0.2) is 4.57 Å². The number of hydrogen-bond donors (Lipinski definition) is 0. The Balaban J connectivity index is 0.930. The number of furan rings is 1. The summed E-state index contributed by atoms with van der Waals surface area (Å²) in [5.41, 5.74) is 17.6. The van der Waals surface area contributed by atoms with Gasteiger partial charge in [-0.1, -0.05) is 194 Å². The molecule has 0 aliphatic carbocycles. The van der Waals surface area contributed by atoms with Crippen molar-refractivity contribution in [2.45, 2.75) is 0 Å². The molecule has 0 atom stereocenters. The van der Waals surface area contributed by atoms with Gasteiger partial charge >= 0.3 is 0 Å². The predicted molar refractivity (Wildman–Crippen MR) is 299 cm³/mol. The molecule has 0 saturated carbocycles. The molecular formula is C68H44N2O. The molecule has 14 rings (SSSR count). The number of nitrogens with zero attached hydrogens (tertiary/aromatic N) is 2. The molecular weight excluding hydrogens is 861 g/mol. The zero-order valence-corrected chi connectivity index (χ0v) is 38.7. The first-order chi connectivity index (χ1) is 35.2. The van der Waals surface area contributed by atoms with Crippen molar-refractivity contribution < 1.29 is 4.42 Å². The minimum Gasteiger partial charge on any atom is -0.455 e. The van der Waals surface area contributed by atoms with Crippen molar-refractivity contribution in [3.05, 3.63) is 267 Å². The highest BCUT2D eigenvalue weighted by molar-refractivity contribution is 6.17. The van der Waals surface area contributed by atoms with Crippen LogP contribution in [0.4, 0.5) is 17.1 Å². The van der Waals surface area contributed by atoms with Gasteiger partial charge in [-0.05, 0) is 122 Å². The van der Waals surface area contributed by atoms with E-state index in [1.54, 1.807) is 0 Å². The van der Waals surface area contributed by atoms with E-state index in [4.69, 9.17) is 4.42 Å². The Morgan fingerprint density at radius 2 is 0.859 bits per heavy atom. The van der Waals surface area contributed by atoms with E-state index in [1.807, 2.05) is 0 Å². The summed E-state index contributed by atoms with van der Waals surface area (Å²) in [7, 11) is 0. The lowest BCUT2D eigenvalue weighted by Crippen LogP contribution is -2.11. The Labute approximate surface area is 411 Å². The first-order valence-electron chi connectivity index (χ1n) is 24.3. The summed E-state index contributed by atoms with van der Waals surface area (Å²) in [5, 5.41) is 9.49. The molecule has 2 heterocycles. The Bertz CT molecular complexity index is 4300. The SMILES string of the molecule is c1ccc(-c2cc(-c3ccc4ccccc4c3)ccc2N(c2ccc(-c3cccc(-n4c5ccccc5c5ccccc54)c3)cc2)c2cccc(-c3cccc4c3oc3c5ccccc5ccc43)c2)cc1. The fraction of sp³-hybridized carbons (Fsp3) is 0. The maximum Gasteiger partial charge on any atom is 0.143 e. The molecule has 0 aliphatic rings. The van der Waals surface area contributed by atoms with Gasteiger partial charge in [0.15, 0.2) is 0 Å². The summed E-state index contributed by atoms with van der Waals surface area (Å²) in [4.78, 5) is 2.42. The highest BCUT2D eigenvalue weighted by Crippen LogP contribution is 2.46. The zero-order chi connectivity index (χ0) is 46.8. The van der Waals surface area contributed by atoms with Crippen molar-refractivity contribution >= 4 is 82.4 Å². The summed E-state index contributed by atoms with van der Waals surface area (Å²) in [6.45, 7) is 0. The molecule has 2 aromatic heterocycles. The number of anilines is 3. The molecule has 0 radical (unpaired) electrons. The summed E-state index contributed by atoms with van der Waals surface area (Å²) in [6.07, 6.45) is 0. The molecule has 12 aromatic carbocycles. The summed E-state index contributed by atoms with van der Waals surface area (Å²) in [5.74, 6) is 0. The van der Waals surface area contributed by atoms with Crippen LogP contribution in [0.1, 0.15) is 0 Å².